The fourth-order valence-electron chi connectivity index (χ4n) is 6.23. The van der Waals surface area contributed by atoms with Gasteiger partial charge in [0.2, 0.25) is 5.89 Å². The Morgan fingerprint density at radius 1 is 1.21 bits per heavy atom. The molecular weight excluding hydrogens is 562 g/mol. The van der Waals surface area contributed by atoms with E-state index in [1.54, 1.807) is 14.0 Å². The maximum Gasteiger partial charge on any atom is 0.333 e. The molecule has 1 unspecified atom stereocenters. The summed E-state index contributed by atoms with van der Waals surface area (Å²) in [5.74, 6) is 0.489. The summed E-state index contributed by atoms with van der Waals surface area (Å²) in [4.78, 5) is 45.6. The van der Waals surface area contributed by atoms with E-state index in [4.69, 9.17) is 18.6 Å². The van der Waals surface area contributed by atoms with Crippen LogP contribution in [0.15, 0.2) is 50.7 Å². The predicted octanol–water partition coefficient (Wildman–Crippen LogP) is 4.20. The molecule has 0 radical (unpaired) electrons. The molecule has 2 fully saturated rings. The fourth-order valence-corrected chi connectivity index (χ4v) is 7.47. The molecule has 1 saturated heterocycles. The lowest BCUT2D eigenvalue weighted by atomic mass is 10.0. The van der Waals surface area contributed by atoms with Crippen LogP contribution in [0.4, 0.5) is 0 Å². The summed E-state index contributed by atoms with van der Waals surface area (Å²) >= 11 is 1.21. The summed E-state index contributed by atoms with van der Waals surface area (Å²) in [6, 6.07) is 7.49. The van der Waals surface area contributed by atoms with Crippen molar-refractivity contribution >= 4 is 27.5 Å². The topological polar surface area (TPSA) is 135 Å². The number of hydrogen-bond acceptors (Lipinski definition) is 9. The molecule has 1 aliphatic heterocycles. The molecule has 4 heterocycles. The Balaban J connectivity index is 1.54. The van der Waals surface area contributed by atoms with Crippen molar-refractivity contribution in [3.63, 3.8) is 0 Å². The van der Waals surface area contributed by atoms with Crippen LogP contribution in [0.3, 0.4) is 0 Å². The Morgan fingerprint density at radius 2 is 1.93 bits per heavy atom. The number of methoxy groups -OCH3 is 1. The third kappa shape index (κ3) is 4.67. The number of hydrogen-bond donors (Lipinski definition) is 1. The van der Waals surface area contributed by atoms with Gasteiger partial charge in [0.1, 0.15) is 28.5 Å². The van der Waals surface area contributed by atoms with Crippen LogP contribution in [-0.2, 0) is 26.4 Å². The summed E-state index contributed by atoms with van der Waals surface area (Å²) in [5.41, 5.74) is -1.91. The second-order valence-corrected chi connectivity index (χ2v) is 12.5. The summed E-state index contributed by atoms with van der Waals surface area (Å²) in [5, 5.41) is 10.3. The Bertz CT molecular complexity index is 1740. The number of nitrogens with zero attached hydrogens (tertiary/aromatic N) is 3. The van der Waals surface area contributed by atoms with E-state index in [9.17, 15) is 19.5 Å². The van der Waals surface area contributed by atoms with Crippen LogP contribution < -0.4 is 16.0 Å². The summed E-state index contributed by atoms with van der Waals surface area (Å²) in [7, 11) is 1.58. The van der Waals surface area contributed by atoms with Crippen molar-refractivity contribution in [2.45, 2.75) is 57.9 Å². The van der Waals surface area contributed by atoms with E-state index in [2.05, 4.69) is 4.98 Å². The number of thiophene rings is 1. The monoisotopic (exact) mass is 595 g/mol. The van der Waals surface area contributed by atoms with Crippen molar-refractivity contribution in [3.8, 4) is 16.5 Å². The molecule has 4 aromatic rings. The van der Waals surface area contributed by atoms with Crippen molar-refractivity contribution in [1.82, 2.24) is 14.1 Å². The van der Waals surface area contributed by atoms with E-state index in [1.165, 1.54) is 42.2 Å². The van der Waals surface area contributed by atoms with Gasteiger partial charge in [-0.05, 0) is 57.1 Å². The Labute approximate surface area is 245 Å². The van der Waals surface area contributed by atoms with E-state index < -0.39 is 28.9 Å². The van der Waals surface area contributed by atoms with Crippen molar-refractivity contribution in [3.05, 3.63) is 68.7 Å². The second-order valence-electron chi connectivity index (χ2n) is 11.5. The molecule has 3 aromatic heterocycles. The minimum Gasteiger partial charge on any atom is -0.496 e. The van der Waals surface area contributed by atoms with E-state index in [-0.39, 0.29) is 18.0 Å². The summed E-state index contributed by atoms with van der Waals surface area (Å²) in [6.45, 7) is 5.91. The standard InChI is InChI=1S/C30H33N3O8S/c1-16-23-26(34)33(30(2,3)28(35)36)29(37)32(27(23)42-24(16)25-31-9-10-40-25)13-22(20-7-5-6-8-21(20)38-4)41-19-11-17-14-39-15-18(17)12-19/h5-10,17-19,22H,11-15H2,1-4H3,(H,35,36)/t17-,18+,19?,22-/m1/s1. The first-order chi connectivity index (χ1) is 20.1. The van der Waals surface area contributed by atoms with Gasteiger partial charge in [-0.2, -0.15) is 0 Å². The fraction of sp³-hybridized carbons (Fsp3) is 0.467. The minimum atomic E-state index is -1.81. The molecule has 1 aliphatic carbocycles. The molecule has 11 nitrogen and oxygen atoms in total. The number of aliphatic carboxylic acids is 1. The number of fused-ring (bicyclic) bond motifs is 2. The number of aryl methyl sites for hydroxylation is 1. The lowest BCUT2D eigenvalue weighted by molar-refractivity contribution is -0.146. The van der Waals surface area contributed by atoms with Gasteiger partial charge >= 0.3 is 11.7 Å². The Kier molecular flexibility index (Phi) is 7.32. The highest BCUT2D eigenvalue weighted by molar-refractivity contribution is 7.22. The second kappa shape index (κ2) is 10.8. The highest BCUT2D eigenvalue weighted by Gasteiger charge is 2.41. The Hall–Kier alpha value is -3.74. The third-order valence-corrected chi connectivity index (χ3v) is 9.88. The molecule has 0 bridgehead atoms. The van der Waals surface area contributed by atoms with Crippen LogP contribution >= 0.6 is 11.3 Å². The van der Waals surface area contributed by atoms with E-state index in [0.717, 1.165) is 36.2 Å². The number of benzene rings is 1. The van der Waals surface area contributed by atoms with E-state index >= 15 is 0 Å². The van der Waals surface area contributed by atoms with E-state index in [1.807, 2.05) is 24.3 Å². The zero-order chi connectivity index (χ0) is 29.8. The zero-order valence-corrected chi connectivity index (χ0v) is 24.7. The maximum absolute atomic E-state index is 14.2. The number of carbonyl (C=O) groups is 1. The average molecular weight is 596 g/mol. The molecule has 222 valence electrons. The number of oxazole rings is 1. The minimum absolute atomic E-state index is 0.0268. The van der Waals surface area contributed by atoms with Gasteiger partial charge in [0.25, 0.3) is 5.56 Å². The van der Waals surface area contributed by atoms with Gasteiger partial charge in [-0.15, -0.1) is 11.3 Å². The summed E-state index contributed by atoms with van der Waals surface area (Å²) in [6.07, 6.45) is 3.95. The van der Waals surface area contributed by atoms with Gasteiger partial charge in [-0.3, -0.25) is 9.36 Å². The number of carboxylic acids is 1. The number of aromatic nitrogens is 3. The largest absolute Gasteiger partial charge is 0.496 e. The van der Waals surface area contributed by atoms with Gasteiger partial charge < -0.3 is 23.7 Å². The Morgan fingerprint density at radius 3 is 2.57 bits per heavy atom. The van der Waals surface area contributed by atoms with Gasteiger partial charge in [0.05, 0.1) is 36.2 Å². The average Bonchev–Trinajstić information content (AvgIpc) is 3.75. The van der Waals surface area contributed by atoms with Crippen LogP contribution in [0.5, 0.6) is 5.75 Å². The van der Waals surface area contributed by atoms with Crippen molar-refractivity contribution < 1.29 is 28.5 Å². The van der Waals surface area contributed by atoms with Crippen LogP contribution in [0.1, 0.15) is 43.9 Å². The van der Waals surface area contributed by atoms with Crippen LogP contribution in [0, 0.1) is 18.8 Å². The molecule has 12 heteroatoms. The van der Waals surface area contributed by atoms with Crippen molar-refractivity contribution in [2.75, 3.05) is 20.3 Å². The first kappa shape index (κ1) is 28.4. The molecule has 6 rings (SSSR count). The van der Waals surface area contributed by atoms with Gasteiger partial charge in [-0.25, -0.2) is 19.1 Å². The van der Waals surface area contributed by atoms with Crippen LogP contribution in [0.25, 0.3) is 21.0 Å². The number of rotatable bonds is 9. The van der Waals surface area contributed by atoms with Gasteiger partial charge in [-0.1, -0.05) is 18.2 Å². The molecule has 1 N–H and O–H groups in total. The predicted molar refractivity (Wildman–Crippen MR) is 155 cm³/mol. The smallest absolute Gasteiger partial charge is 0.333 e. The van der Waals surface area contributed by atoms with Crippen molar-refractivity contribution in [2.24, 2.45) is 11.8 Å². The van der Waals surface area contributed by atoms with Gasteiger partial charge in [0, 0.05) is 18.8 Å². The van der Waals surface area contributed by atoms with Crippen LogP contribution in [0.2, 0.25) is 0 Å². The molecule has 2 aliphatic rings. The number of para-hydroxylation sites is 1. The lowest BCUT2D eigenvalue weighted by Crippen LogP contribution is -2.52. The third-order valence-electron chi connectivity index (χ3n) is 8.57. The van der Waals surface area contributed by atoms with Crippen LogP contribution in [-0.4, -0.2) is 51.6 Å². The zero-order valence-electron chi connectivity index (χ0n) is 23.9. The first-order valence-electron chi connectivity index (χ1n) is 13.9. The normalized spacial score (nSPS) is 21.1. The molecule has 0 spiro atoms. The van der Waals surface area contributed by atoms with Crippen molar-refractivity contribution in [1.29, 1.82) is 0 Å². The highest BCUT2D eigenvalue weighted by Crippen LogP contribution is 2.42. The number of ether oxygens (including phenoxy) is 3. The van der Waals surface area contributed by atoms with E-state index in [0.29, 0.717) is 38.7 Å². The SMILES string of the molecule is COc1ccccc1[C@@H](Cn1c(=O)n(C(C)(C)C(=O)O)c(=O)c2c(C)c(-c3ncco3)sc21)OC1C[C@H]2COC[C@H]2C1. The first-order valence-corrected chi connectivity index (χ1v) is 14.7. The molecule has 1 aromatic carbocycles. The highest BCUT2D eigenvalue weighted by atomic mass is 32.1. The molecule has 42 heavy (non-hydrogen) atoms. The maximum atomic E-state index is 14.2. The van der Waals surface area contributed by atoms with Gasteiger partial charge in [0.15, 0.2) is 0 Å². The molecule has 1 saturated carbocycles. The lowest BCUT2D eigenvalue weighted by Gasteiger charge is -2.27. The number of carboxylic acid groups (broad SMARTS) is 1. The molecular formula is C30H33N3O8S. The molecule has 0 amide bonds. The molecule has 4 atom stereocenters. The quantitative estimate of drug-likeness (QED) is 0.302. The summed E-state index contributed by atoms with van der Waals surface area (Å²) < 4.78 is 25.9.